The van der Waals surface area contributed by atoms with Gasteiger partial charge in [0.25, 0.3) is 0 Å². The molecule has 0 fully saturated rings. The topological polar surface area (TPSA) is 53.7 Å². The van der Waals surface area contributed by atoms with Crippen LogP contribution in [0.2, 0.25) is 0 Å². The van der Waals surface area contributed by atoms with Gasteiger partial charge in [-0.3, -0.25) is 4.99 Å². The standard InChI is InChI=1S/C16H21BrN4O.HI/c1-11-15(12(2)22-20-11)9-19-16(18-3)21(4)10-13-5-7-14(17)8-6-13;/h5-8H,9-10H2,1-4H3,(H,18,19);1H. The molecule has 0 spiro atoms. The second kappa shape index (κ2) is 9.27. The summed E-state index contributed by atoms with van der Waals surface area (Å²) in [6.07, 6.45) is 0. The fourth-order valence-electron chi connectivity index (χ4n) is 2.25. The van der Waals surface area contributed by atoms with Crippen LogP contribution in [0.25, 0.3) is 0 Å². The summed E-state index contributed by atoms with van der Waals surface area (Å²) in [6, 6.07) is 8.29. The molecule has 1 heterocycles. The van der Waals surface area contributed by atoms with Gasteiger partial charge in [0, 0.05) is 37.2 Å². The van der Waals surface area contributed by atoms with Crippen LogP contribution in [0.5, 0.6) is 0 Å². The van der Waals surface area contributed by atoms with Gasteiger partial charge in [0.05, 0.1) is 5.69 Å². The normalized spacial score (nSPS) is 11.1. The van der Waals surface area contributed by atoms with Crippen molar-refractivity contribution in [2.45, 2.75) is 26.9 Å². The van der Waals surface area contributed by atoms with Gasteiger partial charge in [0.1, 0.15) is 5.76 Å². The third kappa shape index (κ3) is 5.49. The molecule has 0 radical (unpaired) electrons. The third-order valence-electron chi connectivity index (χ3n) is 3.51. The molecule has 2 aromatic rings. The number of benzene rings is 1. The molecule has 0 bridgehead atoms. The molecule has 23 heavy (non-hydrogen) atoms. The van der Waals surface area contributed by atoms with Crippen molar-refractivity contribution in [2.75, 3.05) is 14.1 Å². The van der Waals surface area contributed by atoms with Gasteiger partial charge in [-0.05, 0) is 31.5 Å². The maximum atomic E-state index is 5.18. The maximum absolute atomic E-state index is 5.18. The maximum Gasteiger partial charge on any atom is 0.193 e. The lowest BCUT2D eigenvalue weighted by atomic mass is 10.2. The predicted molar refractivity (Wildman–Crippen MR) is 107 cm³/mol. The van der Waals surface area contributed by atoms with Gasteiger partial charge >= 0.3 is 0 Å². The van der Waals surface area contributed by atoms with Crippen molar-refractivity contribution in [1.29, 1.82) is 0 Å². The Labute approximate surface area is 162 Å². The van der Waals surface area contributed by atoms with Crippen LogP contribution < -0.4 is 5.32 Å². The summed E-state index contributed by atoms with van der Waals surface area (Å²) in [5, 5.41) is 7.32. The van der Waals surface area contributed by atoms with Crippen LogP contribution in [0.4, 0.5) is 0 Å². The monoisotopic (exact) mass is 492 g/mol. The van der Waals surface area contributed by atoms with Crippen molar-refractivity contribution < 1.29 is 4.52 Å². The van der Waals surface area contributed by atoms with Gasteiger partial charge in [-0.25, -0.2) is 0 Å². The summed E-state index contributed by atoms with van der Waals surface area (Å²) < 4.78 is 6.26. The molecule has 0 amide bonds. The molecular weight excluding hydrogens is 471 g/mol. The van der Waals surface area contributed by atoms with Crippen LogP contribution >= 0.6 is 39.9 Å². The van der Waals surface area contributed by atoms with Gasteiger partial charge < -0.3 is 14.7 Å². The Morgan fingerprint density at radius 1 is 1.30 bits per heavy atom. The molecule has 0 aliphatic heterocycles. The van der Waals surface area contributed by atoms with Crippen molar-refractivity contribution in [3.05, 3.63) is 51.3 Å². The molecule has 0 saturated carbocycles. The Hall–Kier alpha value is -1.09. The van der Waals surface area contributed by atoms with Crippen molar-refractivity contribution in [3.8, 4) is 0 Å². The molecule has 0 saturated heterocycles. The lowest BCUT2D eigenvalue weighted by Crippen LogP contribution is -2.38. The molecule has 126 valence electrons. The van der Waals surface area contributed by atoms with Gasteiger partial charge in [-0.15, -0.1) is 24.0 Å². The molecule has 5 nitrogen and oxygen atoms in total. The largest absolute Gasteiger partial charge is 0.361 e. The molecule has 1 aromatic heterocycles. The summed E-state index contributed by atoms with van der Waals surface area (Å²) in [4.78, 5) is 6.42. The van der Waals surface area contributed by atoms with Crippen LogP contribution in [0, 0.1) is 13.8 Å². The first-order valence-corrected chi connectivity index (χ1v) is 7.88. The van der Waals surface area contributed by atoms with Crippen LogP contribution in [0.3, 0.4) is 0 Å². The third-order valence-corrected chi connectivity index (χ3v) is 4.04. The lowest BCUT2D eigenvalue weighted by molar-refractivity contribution is 0.392. The average molecular weight is 493 g/mol. The van der Waals surface area contributed by atoms with Crippen molar-refractivity contribution >= 4 is 45.9 Å². The van der Waals surface area contributed by atoms with Crippen molar-refractivity contribution in [2.24, 2.45) is 4.99 Å². The Morgan fingerprint density at radius 3 is 2.48 bits per heavy atom. The van der Waals surface area contributed by atoms with E-state index in [2.05, 4.69) is 48.4 Å². The van der Waals surface area contributed by atoms with E-state index in [4.69, 9.17) is 4.52 Å². The highest BCUT2D eigenvalue weighted by atomic mass is 127. The average Bonchev–Trinajstić information content (AvgIpc) is 2.82. The molecule has 0 unspecified atom stereocenters. The van der Waals surface area contributed by atoms with Crippen molar-refractivity contribution in [1.82, 2.24) is 15.4 Å². The van der Waals surface area contributed by atoms with E-state index in [1.165, 1.54) is 5.56 Å². The minimum Gasteiger partial charge on any atom is -0.361 e. The molecular formula is C16H22BrIN4O. The van der Waals surface area contributed by atoms with Gasteiger partial charge in [-0.2, -0.15) is 0 Å². The number of rotatable bonds is 4. The number of nitrogens with one attached hydrogen (secondary N) is 1. The fraction of sp³-hybridized carbons (Fsp3) is 0.375. The van der Waals surface area contributed by atoms with E-state index in [9.17, 15) is 0 Å². The number of hydrogen-bond donors (Lipinski definition) is 1. The van der Waals surface area contributed by atoms with Crippen LogP contribution in [-0.4, -0.2) is 30.1 Å². The molecule has 1 N–H and O–H groups in total. The number of nitrogens with zero attached hydrogens (tertiary/aromatic N) is 3. The SMILES string of the molecule is CN=C(NCc1c(C)noc1C)N(C)Cc1ccc(Br)cc1.I. The highest BCUT2D eigenvalue weighted by Crippen LogP contribution is 2.13. The van der Waals surface area contributed by atoms with E-state index in [0.717, 1.165) is 34.0 Å². The summed E-state index contributed by atoms with van der Waals surface area (Å²) >= 11 is 3.45. The molecule has 1 aromatic carbocycles. The highest BCUT2D eigenvalue weighted by molar-refractivity contribution is 14.0. The number of halogens is 2. The summed E-state index contributed by atoms with van der Waals surface area (Å²) in [7, 11) is 3.80. The van der Waals surface area contributed by atoms with Gasteiger partial charge in [0.2, 0.25) is 0 Å². The van der Waals surface area contributed by atoms with Gasteiger partial charge in [-0.1, -0.05) is 33.2 Å². The van der Waals surface area contributed by atoms with E-state index in [1.807, 2.05) is 33.0 Å². The second-order valence-electron chi connectivity index (χ2n) is 5.19. The minimum atomic E-state index is 0. The number of guanidine groups is 1. The fourth-order valence-corrected chi connectivity index (χ4v) is 2.51. The molecule has 0 aliphatic rings. The molecule has 0 aliphatic carbocycles. The first kappa shape index (κ1) is 20.0. The van der Waals surface area contributed by atoms with E-state index >= 15 is 0 Å². The van der Waals surface area contributed by atoms with E-state index in [1.54, 1.807) is 7.05 Å². The van der Waals surface area contributed by atoms with Crippen molar-refractivity contribution in [3.63, 3.8) is 0 Å². The smallest absolute Gasteiger partial charge is 0.193 e. The minimum absolute atomic E-state index is 0. The second-order valence-corrected chi connectivity index (χ2v) is 6.10. The van der Waals surface area contributed by atoms with E-state index < -0.39 is 0 Å². The number of hydrogen-bond acceptors (Lipinski definition) is 3. The van der Waals surface area contributed by atoms with Crippen LogP contribution in [-0.2, 0) is 13.1 Å². The number of aromatic nitrogens is 1. The first-order valence-electron chi connectivity index (χ1n) is 7.09. The van der Waals surface area contributed by atoms with E-state index in [0.29, 0.717) is 6.54 Å². The number of aryl methyl sites for hydroxylation is 2. The Bertz CT molecular complexity index is 635. The zero-order valence-corrected chi connectivity index (χ0v) is 17.7. The van der Waals surface area contributed by atoms with E-state index in [-0.39, 0.29) is 24.0 Å². The summed E-state index contributed by atoms with van der Waals surface area (Å²) in [5.41, 5.74) is 3.22. The Kier molecular flexibility index (Phi) is 8.04. The quantitative estimate of drug-likeness (QED) is 0.400. The Balaban J connectivity index is 0.00000264. The zero-order valence-electron chi connectivity index (χ0n) is 13.8. The van der Waals surface area contributed by atoms with Crippen LogP contribution in [0.15, 0.2) is 38.3 Å². The number of aliphatic imine (C=N–C) groups is 1. The predicted octanol–water partition coefficient (Wildman–Crippen LogP) is 3.88. The zero-order chi connectivity index (χ0) is 16.1. The lowest BCUT2D eigenvalue weighted by Gasteiger charge is -2.22. The molecule has 0 atom stereocenters. The Morgan fingerprint density at radius 2 is 1.96 bits per heavy atom. The summed E-state index contributed by atoms with van der Waals surface area (Å²) in [6.45, 7) is 5.31. The first-order chi connectivity index (χ1) is 10.5. The summed E-state index contributed by atoms with van der Waals surface area (Å²) in [5.74, 6) is 1.68. The van der Waals surface area contributed by atoms with Gasteiger partial charge in [0.15, 0.2) is 5.96 Å². The molecule has 7 heteroatoms. The molecule has 2 rings (SSSR count). The highest BCUT2D eigenvalue weighted by Gasteiger charge is 2.11. The van der Waals surface area contributed by atoms with Crippen LogP contribution in [0.1, 0.15) is 22.6 Å².